The summed E-state index contributed by atoms with van der Waals surface area (Å²) in [6, 6.07) is 27.9. The summed E-state index contributed by atoms with van der Waals surface area (Å²) >= 11 is 0. The Morgan fingerprint density at radius 3 is 1.17 bits per heavy atom. The van der Waals surface area contributed by atoms with Gasteiger partial charge in [0.1, 0.15) is 39.2 Å². The molecule has 0 atom stereocenters. The molecular formula is C85H127N5O15. The summed E-state index contributed by atoms with van der Waals surface area (Å²) in [5, 5.41) is 14.9. The van der Waals surface area contributed by atoms with Crippen molar-refractivity contribution in [1.29, 1.82) is 0 Å². The zero-order chi connectivity index (χ0) is 76.8. The van der Waals surface area contributed by atoms with E-state index in [-0.39, 0.29) is 35.6 Å². The number of aliphatic hydroxyl groups excluding tert-OH is 1. The first kappa shape index (κ1) is 84.6. The number of piperidine rings is 1. The zero-order valence-electron chi connectivity index (χ0n) is 66.0. The molecule has 12 rings (SSSR count). The molecule has 4 bridgehead atoms. The van der Waals surface area contributed by atoms with Gasteiger partial charge in [0, 0.05) is 30.2 Å². The number of aliphatic hydroxyl groups is 1. The molecule has 3 aromatic carbocycles. The van der Waals surface area contributed by atoms with Crippen LogP contribution in [0.3, 0.4) is 0 Å². The molecule has 20 nitrogen and oxygen atoms in total. The first-order chi connectivity index (χ1) is 49.4. The monoisotopic (exact) mass is 1460 g/mol. The number of allylic oxidation sites excluding steroid dienone is 4. The van der Waals surface area contributed by atoms with Crippen molar-refractivity contribution in [3.63, 3.8) is 0 Å². The molecule has 0 radical (unpaired) electrons. The molecule has 9 aliphatic rings. The molecule has 3 N–H and O–H groups in total. The fourth-order valence-corrected chi connectivity index (χ4v) is 16.0. The van der Waals surface area contributed by atoms with Gasteiger partial charge in [-0.1, -0.05) is 125 Å². The summed E-state index contributed by atoms with van der Waals surface area (Å²) in [4.78, 5) is 90.6. The van der Waals surface area contributed by atoms with Crippen LogP contribution in [-0.2, 0) is 33.2 Å². The summed E-state index contributed by atoms with van der Waals surface area (Å²) < 4.78 is 39.3. The van der Waals surface area contributed by atoms with Gasteiger partial charge in [-0.2, -0.15) is 9.80 Å². The molecule has 582 valence electrons. The zero-order valence-corrected chi connectivity index (χ0v) is 66.0. The predicted molar refractivity (Wildman–Crippen MR) is 412 cm³/mol. The van der Waals surface area contributed by atoms with Gasteiger partial charge < -0.3 is 43.2 Å². The van der Waals surface area contributed by atoms with E-state index in [1.54, 1.807) is 76.8 Å². The molecule has 0 aromatic heterocycles. The van der Waals surface area contributed by atoms with Gasteiger partial charge in [-0.05, 0) is 285 Å². The van der Waals surface area contributed by atoms with E-state index in [0.29, 0.717) is 61.5 Å². The highest BCUT2D eigenvalue weighted by atomic mass is 16.6. The Bertz CT molecular complexity index is 3200. The number of nitrogens with one attached hydrogen (secondary N) is 2. The van der Waals surface area contributed by atoms with Gasteiger partial charge in [0.15, 0.2) is 0 Å². The molecule has 0 spiro atoms. The highest BCUT2D eigenvalue weighted by molar-refractivity contribution is 6.09. The van der Waals surface area contributed by atoms with Gasteiger partial charge in [0.2, 0.25) is 0 Å². The highest BCUT2D eigenvalue weighted by Gasteiger charge is 2.53. The number of ether oxygens (including phenoxy) is 7. The maximum absolute atomic E-state index is 13.3. The van der Waals surface area contributed by atoms with Crippen LogP contribution >= 0.6 is 0 Å². The summed E-state index contributed by atoms with van der Waals surface area (Å²) in [6.07, 6.45) is 29.0. The van der Waals surface area contributed by atoms with Gasteiger partial charge in [-0.3, -0.25) is 10.6 Å². The number of benzene rings is 3. The third-order valence-electron chi connectivity index (χ3n) is 21.1. The summed E-state index contributed by atoms with van der Waals surface area (Å²) in [5.41, 5.74) is -0.982. The topological polar surface area (TPSA) is 238 Å². The molecule has 8 fully saturated rings. The van der Waals surface area contributed by atoms with Crippen LogP contribution in [0.5, 0.6) is 0 Å². The second kappa shape index (κ2) is 38.3. The second-order valence-corrected chi connectivity index (χ2v) is 34.7. The Morgan fingerprint density at radius 2 is 0.800 bits per heavy atom. The number of carbonyl (C=O) groups is 7. The van der Waals surface area contributed by atoms with Crippen molar-refractivity contribution in [3.8, 4) is 0 Å². The number of likely N-dealkylation sites (tertiary alicyclic amines) is 1. The highest BCUT2D eigenvalue weighted by Crippen LogP contribution is 2.57. The number of nitrogens with zero attached hydrogens (tertiary/aromatic N) is 3. The fraction of sp³-hybridized carbons (Fsp3) is 0.659. The van der Waals surface area contributed by atoms with Crippen molar-refractivity contribution >= 4 is 59.7 Å². The maximum Gasteiger partial charge on any atom is 0.424 e. The Hall–Kier alpha value is -7.61. The lowest BCUT2D eigenvalue weighted by atomic mass is 9.54. The van der Waals surface area contributed by atoms with E-state index < -0.39 is 52.4 Å². The number of carbonyl (C=O) groups excluding carboxylic acids is 7. The summed E-state index contributed by atoms with van der Waals surface area (Å²) in [5.74, 6) is 3.47. The number of imide groups is 2. The average Bonchev–Trinajstić information content (AvgIpc) is 0.749. The van der Waals surface area contributed by atoms with Crippen LogP contribution in [0.4, 0.5) is 50.6 Å². The average molecular weight is 1460 g/mol. The number of hydrogen-bond acceptors (Lipinski definition) is 15. The van der Waals surface area contributed by atoms with Crippen LogP contribution in [0.2, 0.25) is 0 Å². The lowest BCUT2D eigenvalue weighted by molar-refractivity contribution is -0.124. The maximum atomic E-state index is 13.3. The quantitative estimate of drug-likeness (QED) is 0.151. The predicted octanol–water partition coefficient (Wildman–Crippen LogP) is 22.1. The molecule has 7 saturated carbocycles. The minimum atomic E-state index is -0.710. The number of anilines is 3. The Morgan fingerprint density at radius 1 is 0.438 bits per heavy atom. The van der Waals surface area contributed by atoms with E-state index in [4.69, 9.17) is 33.2 Å². The van der Waals surface area contributed by atoms with E-state index in [2.05, 4.69) is 10.6 Å². The van der Waals surface area contributed by atoms with Crippen molar-refractivity contribution < 1.29 is 71.8 Å². The molecule has 1 aliphatic heterocycles. The van der Waals surface area contributed by atoms with Crippen molar-refractivity contribution in [2.75, 3.05) is 28.6 Å². The van der Waals surface area contributed by atoms with Crippen molar-refractivity contribution in [1.82, 2.24) is 9.80 Å². The minimum absolute atomic E-state index is 0.159. The van der Waals surface area contributed by atoms with E-state index in [0.717, 1.165) is 129 Å². The van der Waals surface area contributed by atoms with Crippen LogP contribution < -0.4 is 15.5 Å². The van der Waals surface area contributed by atoms with E-state index in [9.17, 15) is 38.7 Å². The Kier molecular flexibility index (Phi) is 30.9. The molecule has 20 heteroatoms. The number of rotatable bonds is 11. The van der Waals surface area contributed by atoms with Crippen LogP contribution in [0.15, 0.2) is 115 Å². The largest absolute Gasteiger partial charge is 0.444 e. The molecule has 3 aromatic rings. The van der Waals surface area contributed by atoms with Crippen LogP contribution in [-0.4, -0.2) is 116 Å². The molecule has 1 saturated heterocycles. The standard InChI is InChI=1S/C26H39NO4.C17H21NO2.C16H25NO4.C16H23NO2.C10H19NO3/c1-25(2,20-14-8-5-9-15-20)30-23(28)27(22-18-12-7-13-19-22)24(29)31-26(3,4)21-16-10-6-11-17-21;19-16(18-15-4-2-1-3-5-15)20-17-9-12-6-13(10-17)8-14(7-12)11-17;1-15(2,3)20-13(18)17(12-10-8-7-9-11-12)14(19)21-16(4,5)6;1-16(2,13-9-5-3-6-10-13)19-15(18)17-14-11-7-4-8-12-14;1-10(2,3)14-9(13)11-6-4-8(12)5-7-11/h7,12-13,18-21H,5-6,8-11,14-17H2,1-4H3;1-5,12-14H,6-11H2,(H,18,19);7-8,10H,9,11H2,1-6H3;4,7-8,11-13H,3,5-6,9-10H2,1-2H3,(H,17,18);8,12H,4-7H2,1-3H3. The number of amides is 7. The van der Waals surface area contributed by atoms with E-state index in [1.807, 2.05) is 141 Å². The van der Waals surface area contributed by atoms with E-state index >= 15 is 0 Å². The fourth-order valence-electron chi connectivity index (χ4n) is 16.0. The number of para-hydroxylation sites is 3. The van der Waals surface area contributed by atoms with Crippen LogP contribution in [0.1, 0.15) is 264 Å². The first-order valence-corrected chi connectivity index (χ1v) is 39.1. The minimum Gasteiger partial charge on any atom is -0.444 e. The molecule has 1 heterocycles. The van der Waals surface area contributed by atoms with Gasteiger partial charge in [-0.15, -0.1) is 0 Å². The molecular weight excluding hydrogens is 1330 g/mol. The number of hydrogen-bond donors (Lipinski definition) is 3. The van der Waals surface area contributed by atoms with Gasteiger partial charge in [0.25, 0.3) is 0 Å². The van der Waals surface area contributed by atoms with Crippen molar-refractivity contribution in [3.05, 3.63) is 115 Å². The SMILES string of the molecule is CC(C)(C)OC(=O)N(C(=O)OC(C)(C)C)C1=CC=CCC1.CC(C)(C)OC(=O)N1CCC(O)CC1.CC(C)(OC(=O)N(C(=O)OC(C)(C)C1CCCCC1)c1ccccc1)C1CCCCC1.CC(C)(OC(=O)Nc1ccccc1)C1CCCCC1.O=C(Nc1ccccc1)OC12CC3CC(CC(C3)C1)C2. The third kappa shape index (κ3) is 28.2. The normalized spacial score (nSPS) is 21.5. The second-order valence-electron chi connectivity index (χ2n) is 34.7. The smallest absolute Gasteiger partial charge is 0.424 e. The summed E-state index contributed by atoms with van der Waals surface area (Å²) in [7, 11) is 0. The van der Waals surface area contributed by atoms with Gasteiger partial charge in [-0.25, -0.2) is 33.6 Å². The Labute approximate surface area is 627 Å². The van der Waals surface area contributed by atoms with Gasteiger partial charge in [0.05, 0.1) is 11.8 Å². The first-order valence-electron chi connectivity index (χ1n) is 39.1. The molecule has 8 aliphatic carbocycles. The summed E-state index contributed by atoms with van der Waals surface area (Å²) in [6.45, 7) is 29.2. The van der Waals surface area contributed by atoms with Crippen molar-refractivity contribution in [2.24, 2.45) is 35.5 Å². The van der Waals surface area contributed by atoms with Crippen LogP contribution in [0.25, 0.3) is 0 Å². The molecule has 0 unspecified atom stereocenters. The van der Waals surface area contributed by atoms with E-state index in [1.165, 1.54) is 51.4 Å². The molecule has 7 amide bonds. The molecule has 105 heavy (non-hydrogen) atoms. The van der Waals surface area contributed by atoms with Gasteiger partial charge >= 0.3 is 42.7 Å². The Balaban J connectivity index is 0.000000188. The van der Waals surface area contributed by atoms with Crippen LogP contribution in [0, 0.1) is 35.5 Å². The van der Waals surface area contributed by atoms with Crippen molar-refractivity contribution in [2.45, 2.75) is 310 Å². The lowest BCUT2D eigenvalue weighted by Gasteiger charge is -2.55. The lowest BCUT2D eigenvalue weighted by Crippen LogP contribution is -2.53. The third-order valence-corrected chi connectivity index (χ3v) is 21.1.